The number of hydrogen-bond donors (Lipinski definition) is 0. The second-order valence-corrected chi connectivity index (χ2v) is 8.53. The number of carbonyl (C=O) groups excluding carboxylic acids is 4. The van der Waals surface area contributed by atoms with Gasteiger partial charge in [0.25, 0.3) is 17.7 Å². The van der Waals surface area contributed by atoms with Gasteiger partial charge in [0.1, 0.15) is 0 Å². The highest BCUT2D eigenvalue weighted by Gasteiger charge is 2.36. The van der Waals surface area contributed by atoms with E-state index < -0.39 is 0 Å². The molecule has 2 aliphatic heterocycles. The van der Waals surface area contributed by atoms with E-state index in [1.54, 1.807) is 24.3 Å². The van der Waals surface area contributed by atoms with Crippen LogP contribution in [0, 0.1) is 0 Å². The van der Waals surface area contributed by atoms with Crippen LogP contribution < -0.4 is 0 Å². The molecular weight excluding hydrogens is 418 g/mol. The zero-order chi connectivity index (χ0) is 23.4. The second-order valence-electron chi connectivity index (χ2n) is 8.53. The Kier molecular flexibility index (Phi) is 6.87. The Bertz CT molecular complexity index is 1010. The summed E-state index contributed by atoms with van der Waals surface area (Å²) in [6, 6.07) is 16.1. The molecule has 0 atom stereocenters. The molecule has 4 rings (SSSR count). The molecule has 0 aliphatic carbocycles. The first-order chi connectivity index (χ1) is 16.0. The lowest BCUT2D eigenvalue weighted by Crippen LogP contribution is -2.49. The van der Waals surface area contributed by atoms with Crippen LogP contribution in [0.1, 0.15) is 63.7 Å². The number of hydrogen-bond acceptors (Lipinski definition) is 4. The van der Waals surface area contributed by atoms with Crippen molar-refractivity contribution >= 4 is 23.6 Å². The van der Waals surface area contributed by atoms with Crippen LogP contribution in [0.4, 0.5) is 0 Å². The van der Waals surface area contributed by atoms with Crippen molar-refractivity contribution in [3.63, 3.8) is 0 Å². The monoisotopic (exact) mass is 447 g/mol. The first kappa shape index (κ1) is 22.7. The Morgan fingerprint density at radius 1 is 0.909 bits per heavy atom. The number of piperidine rings is 1. The van der Waals surface area contributed by atoms with Crippen molar-refractivity contribution in [1.82, 2.24) is 14.7 Å². The third-order valence-electron chi connectivity index (χ3n) is 6.43. The molecular formula is C26H29N3O4. The number of fused-ring (bicyclic) bond motifs is 1. The van der Waals surface area contributed by atoms with Gasteiger partial charge in [-0.3, -0.25) is 24.1 Å². The van der Waals surface area contributed by atoms with Crippen LogP contribution in [0.3, 0.4) is 0 Å². The van der Waals surface area contributed by atoms with Crippen LogP contribution in [0.15, 0.2) is 54.6 Å². The van der Waals surface area contributed by atoms with E-state index in [0.29, 0.717) is 36.3 Å². The Hall–Kier alpha value is -3.48. The maximum atomic E-state index is 13.1. The van der Waals surface area contributed by atoms with Crippen LogP contribution in [0.25, 0.3) is 0 Å². The normalized spacial score (nSPS) is 16.2. The summed E-state index contributed by atoms with van der Waals surface area (Å²) in [5.41, 5.74) is 1.48. The molecule has 7 heteroatoms. The average molecular weight is 448 g/mol. The fraction of sp³-hybridized carbons (Fsp3) is 0.385. The maximum Gasteiger partial charge on any atom is 0.261 e. The standard InChI is InChI=1S/C26H29N3O4/c1-2-15-28(20-12-16-27(17-13-20)24(31)19-8-4-3-5-9-19)23(30)14-18-29-25(32)21-10-6-7-11-22(21)26(29)33/h3-11,20H,2,12-18H2,1H3. The van der Waals surface area contributed by atoms with E-state index >= 15 is 0 Å². The molecule has 0 saturated carbocycles. The minimum absolute atomic E-state index is 0.0213. The first-order valence-electron chi connectivity index (χ1n) is 11.6. The molecule has 2 aliphatic rings. The minimum Gasteiger partial charge on any atom is -0.340 e. The molecule has 2 aromatic rings. The van der Waals surface area contributed by atoms with Crippen molar-refractivity contribution in [3.05, 3.63) is 71.3 Å². The number of likely N-dealkylation sites (tertiary alicyclic amines) is 1. The fourth-order valence-electron chi connectivity index (χ4n) is 4.69. The summed E-state index contributed by atoms with van der Waals surface area (Å²) in [5.74, 6) is -0.703. The van der Waals surface area contributed by atoms with Gasteiger partial charge in [0.15, 0.2) is 0 Å². The van der Waals surface area contributed by atoms with Gasteiger partial charge in [-0.2, -0.15) is 0 Å². The Labute approximate surface area is 194 Å². The summed E-state index contributed by atoms with van der Waals surface area (Å²) >= 11 is 0. The van der Waals surface area contributed by atoms with E-state index in [2.05, 4.69) is 0 Å². The van der Waals surface area contributed by atoms with Gasteiger partial charge in [-0.05, 0) is 43.5 Å². The number of nitrogens with zero attached hydrogens (tertiary/aromatic N) is 3. The van der Waals surface area contributed by atoms with Crippen LogP contribution in [-0.2, 0) is 4.79 Å². The lowest BCUT2D eigenvalue weighted by molar-refractivity contribution is -0.134. The number of rotatable bonds is 7. The van der Waals surface area contributed by atoms with Gasteiger partial charge in [0.05, 0.1) is 11.1 Å². The van der Waals surface area contributed by atoms with E-state index in [-0.39, 0.29) is 42.6 Å². The molecule has 0 aromatic heterocycles. The lowest BCUT2D eigenvalue weighted by Gasteiger charge is -2.39. The van der Waals surface area contributed by atoms with Crippen molar-refractivity contribution in [1.29, 1.82) is 0 Å². The van der Waals surface area contributed by atoms with Crippen molar-refractivity contribution in [2.45, 2.75) is 38.6 Å². The SMILES string of the molecule is CCCN(C(=O)CCN1C(=O)c2ccccc2C1=O)C1CCN(C(=O)c2ccccc2)CC1. The topological polar surface area (TPSA) is 78.0 Å². The third kappa shape index (κ3) is 4.67. The molecule has 4 amide bonds. The number of amides is 4. The zero-order valence-electron chi connectivity index (χ0n) is 18.9. The van der Waals surface area contributed by atoms with Crippen LogP contribution >= 0.6 is 0 Å². The Balaban J connectivity index is 1.34. The highest BCUT2D eigenvalue weighted by molar-refractivity contribution is 6.21. The number of benzene rings is 2. The van der Waals surface area contributed by atoms with Gasteiger partial charge in [0, 0.05) is 44.2 Å². The Morgan fingerprint density at radius 3 is 2.06 bits per heavy atom. The Morgan fingerprint density at radius 2 is 1.48 bits per heavy atom. The van der Waals surface area contributed by atoms with Crippen molar-refractivity contribution < 1.29 is 19.2 Å². The average Bonchev–Trinajstić information content (AvgIpc) is 3.10. The number of imide groups is 1. The lowest BCUT2D eigenvalue weighted by atomic mass is 10.0. The second kappa shape index (κ2) is 9.98. The molecule has 0 unspecified atom stereocenters. The smallest absolute Gasteiger partial charge is 0.261 e. The van der Waals surface area contributed by atoms with Crippen LogP contribution in [0.5, 0.6) is 0 Å². The van der Waals surface area contributed by atoms with Crippen molar-refractivity contribution in [3.8, 4) is 0 Å². The molecule has 0 bridgehead atoms. The van der Waals surface area contributed by atoms with E-state index in [1.165, 1.54) is 4.90 Å². The molecule has 1 saturated heterocycles. The van der Waals surface area contributed by atoms with E-state index in [0.717, 1.165) is 19.3 Å². The first-order valence-corrected chi connectivity index (χ1v) is 11.6. The molecule has 2 aromatic carbocycles. The van der Waals surface area contributed by atoms with E-state index in [1.807, 2.05) is 47.1 Å². The predicted molar refractivity (Wildman–Crippen MR) is 124 cm³/mol. The minimum atomic E-state index is -0.335. The fourth-order valence-corrected chi connectivity index (χ4v) is 4.69. The van der Waals surface area contributed by atoms with Gasteiger partial charge in [-0.25, -0.2) is 0 Å². The highest BCUT2D eigenvalue weighted by atomic mass is 16.2. The largest absolute Gasteiger partial charge is 0.340 e. The molecule has 2 heterocycles. The summed E-state index contributed by atoms with van der Waals surface area (Å²) < 4.78 is 0. The van der Waals surface area contributed by atoms with Gasteiger partial charge in [-0.15, -0.1) is 0 Å². The van der Waals surface area contributed by atoms with Gasteiger partial charge >= 0.3 is 0 Å². The molecule has 0 N–H and O–H groups in total. The summed E-state index contributed by atoms with van der Waals surface area (Å²) in [6.45, 7) is 3.93. The molecule has 172 valence electrons. The van der Waals surface area contributed by atoms with Gasteiger partial charge in [0.2, 0.25) is 5.91 Å². The van der Waals surface area contributed by atoms with E-state index in [9.17, 15) is 19.2 Å². The van der Waals surface area contributed by atoms with E-state index in [4.69, 9.17) is 0 Å². The van der Waals surface area contributed by atoms with Crippen LogP contribution in [-0.4, -0.2) is 70.5 Å². The molecule has 33 heavy (non-hydrogen) atoms. The van der Waals surface area contributed by atoms with Gasteiger partial charge < -0.3 is 9.80 Å². The highest BCUT2D eigenvalue weighted by Crippen LogP contribution is 2.24. The summed E-state index contributed by atoms with van der Waals surface area (Å²) in [7, 11) is 0. The molecule has 0 radical (unpaired) electrons. The molecule has 7 nitrogen and oxygen atoms in total. The van der Waals surface area contributed by atoms with Crippen molar-refractivity contribution in [2.75, 3.05) is 26.2 Å². The predicted octanol–water partition coefficient (Wildman–Crippen LogP) is 3.22. The molecule has 0 spiro atoms. The number of carbonyl (C=O) groups is 4. The summed E-state index contributed by atoms with van der Waals surface area (Å²) in [4.78, 5) is 55.9. The summed E-state index contributed by atoms with van der Waals surface area (Å²) in [5, 5.41) is 0. The molecule has 1 fully saturated rings. The summed E-state index contributed by atoms with van der Waals surface area (Å²) in [6.07, 6.45) is 2.37. The third-order valence-corrected chi connectivity index (χ3v) is 6.43. The van der Waals surface area contributed by atoms with Gasteiger partial charge in [-0.1, -0.05) is 37.3 Å². The van der Waals surface area contributed by atoms with Crippen LogP contribution in [0.2, 0.25) is 0 Å². The zero-order valence-corrected chi connectivity index (χ0v) is 18.9. The quantitative estimate of drug-likeness (QED) is 0.611. The maximum absolute atomic E-state index is 13.1. The van der Waals surface area contributed by atoms with Crippen molar-refractivity contribution in [2.24, 2.45) is 0 Å².